The zero-order valence-electron chi connectivity index (χ0n) is 12.4. The molecule has 1 heterocycles. The standard InChI is InChI=1S/C15H29N3O/c1-11-4-3-5-14(12(11)2)17-13-6-8-18(9-7-13)15(19)10-16/h11-14,17H,3-10,16H2,1-2H3. The highest BCUT2D eigenvalue weighted by Gasteiger charge is 2.30. The topological polar surface area (TPSA) is 58.4 Å². The minimum absolute atomic E-state index is 0.0955. The van der Waals surface area contributed by atoms with Crippen molar-refractivity contribution in [1.29, 1.82) is 0 Å². The van der Waals surface area contributed by atoms with Crippen LogP contribution >= 0.6 is 0 Å². The van der Waals surface area contributed by atoms with Crippen LogP contribution in [0.2, 0.25) is 0 Å². The van der Waals surface area contributed by atoms with Crippen molar-refractivity contribution >= 4 is 5.91 Å². The lowest BCUT2D eigenvalue weighted by Crippen LogP contribution is -2.51. The molecule has 1 amide bonds. The van der Waals surface area contributed by atoms with Gasteiger partial charge < -0.3 is 16.0 Å². The Morgan fingerprint density at radius 3 is 2.53 bits per heavy atom. The molecule has 1 saturated heterocycles. The van der Waals surface area contributed by atoms with Crippen LogP contribution in [0.4, 0.5) is 0 Å². The van der Waals surface area contributed by atoms with Crippen molar-refractivity contribution in [3.05, 3.63) is 0 Å². The average Bonchev–Trinajstić information content (AvgIpc) is 2.44. The SMILES string of the molecule is CC1CCCC(NC2CCN(C(=O)CN)CC2)C1C. The molecule has 0 bridgehead atoms. The van der Waals surface area contributed by atoms with E-state index >= 15 is 0 Å². The minimum atomic E-state index is 0.0955. The lowest BCUT2D eigenvalue weighted by Gasteiger charge is -2.40. The molecule has 2 aliphatic rings. The zero-order valence-corrected chi connectivity index (χ0v) is 12.4. The third-order valence-corrected chi connectivity index (χ3v) is 5.18. The number of hydrogen-bond donors (Lipinski definition) is 2. The van der Waals surface area contributed by atoms with Crippen LogP contribution in [-0.4, -0.2) is 42.5 Å². The second-order valence-electron chi connectivity index (χ2n) is 6.40. The summed E-state index contributed by atoms with van der Waals surface area (Å²) < 4.78 is 0. The van der Waals surface area contributed by atoms with Crippen molar-refractivity contribution in [1.82, 2.24) is 10.2 Å². The maximum Gasteiger partial charge on any atom is 0.236 e. The molecule has 0 aromatic heterocycles. The Balaban J connectivity index is 1.77. The van der Waals surface area contributed by atoms with E-state index in [0.717, 1.165) is 37.8 Å². The van der Waals surface area contributed by atoms with Crippen molar-refractivity contribution < 1.29 is 4.79 Å². The van der Waals surface area contributed by atoms with Gasteiger partial charge in [-0.3, -0.25) is 4.79 Å². The van der Waals surface area contributed by atoms with Gasteiger partial charge in [0.25, 0.3) is 0 Å². The number of carbonyl (C=O) groups is 1. The van der Waals surface area contributed by atoms with Crippen molar-refractivity contribution in [2.24, 2.45) is 17.6 Å². The first-order valence-electron chi connectivity index (χ1n) is 7.85. The lowest BCUT2D eigenvalue weighted by atomic mass is 9.77. The minimum Gasteiger partial charge on any atom is -0.341 e. The molecule has 4 heteroatoms. The van der Waals surface area contributed by atoms with Gasteiger partial charge in [-0.25, -0.2) is 0 Å². The highest BCUT2D eigenvalue weighted by Crippen LogP contribution is 2.30. The molecule has 3 unspecified atom stereocenters. The molecule has 3 atom stereocenters. The summed E-state index contributed by atoms with van der Waals surface area (Å²) in [6.07, 6.45) is 6.19. The predicted octanol–water partition coefficient (Wildman–Crippen LogP) is 1.35. The largest absolute Gasteiger partial charge is 0.341 e. The quantitative estimate of drug-likeness (QED) is 0.811. The predicted molar refractivity (Wildman–Crippen MR) is 77.8 cm³/mol. The lowest BCUT2D eigenvalue weighted by molar-refractivity contribution is -0.130. The van der Waals surface area contributed by atoms with E-state index in [1.165, 1.54) is 19.3 Å². The Hall–Kier alpha value is -0.610. The Bertz CT molecular complexity index is 300. The molecule has 1 aliphatic carbocycles. The van der Waals surface area contributed by atoms with E-state index < -0.39 is 0 Å². The van der Waals surface area contributed by atoms with Gasteiger partial charge in [-0.1, -0.05) is 26.7 Å². The van der Waals surface area contributed by atoms with E-state index in [0.29, 0.717) is 12.1 Å². The highest BCUT2D eigenvalue weighted by molar-refractivity contribution is 5.78. The molecule has 0 aromatic rings. The van der Waals surface area contributed by atoms with Crippen LogP contribution in [0.1, 0.15) is 46.0 Å². The summed E-state index contributed by atoms with van der Waals surface area (Å²) in [5, 5.41) is 3.85. The number of nitrogens with zero attached hydrogens (tertiary/aromatic N) is 1. The fourth-order valence-corrected chi connectivity index (χ4v) is 3.54. The molecule has 4 nitrogen and oxygen atoms in total. The van der Waals surface area contributed by atoms with Crippen molar-refractivity contribution in [2.45, 2.75) is 58.0 Å². The summed E-state index contributed by atoms with van der Waals surface area (Å²) in [6.45, 7) is 6.64. The summed E-state index contributed by atoms with van der Waals surface area (Å²) in [5.41, 5.74) is 5.41. The molecule has 0 radical (unpaired) electrons. The number of piperidine rings is 1. The fourth-order valence-electron chi connectivity index (χ4n) is 3.54. The van der Waals surface area contributed by atoms with Crippen molar-refractivity contribution in [3.63, 3.8) is 0 Å². The van der Waals surface area contributed by atoms with Gasteiger partial charge in [0.15, 0.2) is 0 Å². The molecule has 110 valence electrons. The molecular formula is C15H29N3O. The van der Waals surface area contributed by atoms with E-state index in [-0.39, 0.29) is 12.5 Å². The van der Waals surface area contributed by atoms with Gasteiger partial charge in [-0.05, 0) is 31.1 Å². The van der Waals surface area contributed by atoms with Crippen LogP contribution in [-0.2, 0) is 4.79 Å². The van der Waals surface area contributed by atoms with Crippen LogP contribution in [0.5, 0.6) is 0 Å². The normalized spacial score (nSPS) is 33.4. The second kappa shape index (κ2) is 6.71. The van der Waals surface area contributed by atoms with Crippen LogP contribution in [0.15, 0.2) is 0 Å². The first kappa shape index (κ1) is 14.8. The molecule has 3 N–H and O–H groups in total. The average molecular weight is 267 g/mol. The third-order valence-electron chi connectivity index (χ3n) is 5.18. The van der Waals surface area contributed by atoms with E-state index in [9.17, 15) is 4.79 Å². The van der Waals surface area contributed by atoms with Crippen LogP contribution in [0.25, 0.3) is 0 Å². The number of nitrogens with one attached hydrogen (secondary N) is 1. The molecule has 2 fully saturated rings. The Morgan fingerprint density at radius 2 is 1.89 bits per heavy atom. The summed E-state index contributed by atoms with van der Waals surface area (Å²) in [7, 11) is 0. The van der Waals surface area contributed by atoms with Crippen LogP contribution in [0.3, 0.4) is 0 Å². The molecule has 1 saturated carbocycles. The summed E-state index contributed by atoms with van der Waals surface area (Å²) in [4.78, 5) is 13.4. The summed E-state index contributed by atoms with van der Waals surface area (Å²) >= 11 is 0. The van der Waals surface area contributed by atoms with Gasteiger partial charge in [0.1, 0.15) is 0 Å². The summed E-state index contributed by atoms with van der Waals surface area (Å²) in [5.74, 6) is 1.71. The number of rotatable bonds is 3. The zero-order chi connectivity index (χ0) is 13.8. The number of amides is 1. The maximum absolute atomic E-state index is 11.5. The Morgan fingerprint density at radius 1 is 1.21 bits per heavy atom. The first-order chi connectivity index (χ1) is 9.11. The van der Waals surface area contributed by atoms with E-state index in [1.54, 1.807) is 0 Å². The highest BCUT2D eigenvalue weighted by atomic mass is 16.2. The number of carbonyl (C=O) groups excluding carboxylic acids is 1. The van der Waals surface area contributed by atoms with Gasteiger partial charge in [0.2, 0.25) is 5.91 Å². The summed E-state index contributed by atoms with van der Waals surface area (Å²) in [6, 6.07) is 1.25. The smallest absolute Gasteiger partial charge is 0.236 e. The second-order valence-corrected chi connectivity index (χ2v) is 6.40. The van der Waals surface area contributed by atoms with Crippen LogP contribution < -0.4 is 11.1 Å². The molecule has 0 spiro atoms. The van der Waals surface area contributed by atoms with Crippen molar-refractivity contribution in [2.75, 3.05) is 19.6 Å². The van der Waals surface area contributed by atoms with Gasteiger partial charge in [-0.15, -0.1) is 0 Å². The van der Waals surface area contributed by atoms with Crippen LogP contribution in [0, 0.1) is 11.8 Å². The molecule has 2 rings (SSSR count). The number of hydrogen-bond acceptors (Lipinski definition) is 3. The molecular weight excluding hydrogens is 238 g/mol. The van der Waals surface area contributed by atoms with Gasteiger partial charge in [0.05, 0.1) is 6.54 Å². The van der Waals surface area contributed by atoms with E-state index in [2.05, 4.69) is 19.2 Å². The number of likely N-dealkylation sites (tertiary alicyclic amines) is 1. The maximum atomic E-state index is 11.5. The Kier molecular flexibility index (Phi) is 5.22. The molecule has 0 aromatic carbocycles. The van der Waals surface area contributed by atoms with Gasteiger partial charge >= 0.3 is 0 Å². The molecule has 1 aliphatic heterocycles. The van der Waals surface area contributed by atoms with E-state index in [1.807, 2.05) is 4.90 Å². The monoisotopic (exact) mass is 267 g/mol. The van der Waals surface area contributed by atoms with E-state index in [4.69, 9.17) is 5.73 Å². The van der Waals surface area contributed by atoms with Gasteiger partial charge in [0, 0.05) is 25.2 Å². The van der Waals surface area contributed by atoms with Crippen molar-refractivity contribution in [3.8, 4) is 0 Å². The Labute approximate surface area is 117 Å². The first-order valence-corrected chi connectivity index (χ1v) is 7.85. The third kappa shape index (κ3) is 3.69. The fraction of sp³-hybridized carbons (Fsp3) is 0.933. The number of nitrogens with two attached hydrogens (primary N) is 1. The molecule has 19 heavy (non-hydrogen) atoms. The van der Waals surface area contributed by atoms with Gasteiger partial charge in [-0.2, -0.15) is 0 Å².